The third-order valence-corrected chi connectivity index (χ3v) is 3.91. The molecule has 24 heavy (non-hydrogen) atoms. The lowest BCUT2D eigenvalue weighted by molar-refractivity contribution is -0.127. The second-order valence-corrected chi connectivity index (χ2v) is 5.73. The van der Waals surface area contributed by atoms with Crippen LogP contribution in [0.4, 0.5) is 20.6 Å². The van der Waals surface area contributed by atoms with Crippen LogP contribution in [0.5, 0.6) is 0 Å². The number of ether oxygens (including phenoxy) is 1. The van der Waals surface area contributed by atoms with Crippen LogP contribution in [0.3, 0.4) is 0 Å². The van der Waals surface area contributed by atoms with E-state index in [0.717, 1.165) is 6.92 Å². The SMILES string of the molecule is CC(=O)N([O-])C[C@@H]1CN(c2ccc(N3CC(=O)C3)c(F)c2)C(=O)O1. The maximum Gasteiger partial charge on any atom is 0.414 e. The first-order chi connectivity index (χ1) is 11.3. The van der Waals surface area contributed by atoms with Crippen LogP contribution in [0.15, 0.2) is 18.2 Å². The number of benzene rings is 1. The Balaban J connectivity index is 1.70. The Morgan fingerprint density at radius 3 is 2.71 bits per heavy atom. The molecule has 0 radical (unpaired) electrons. The normalized spacial score (nSPS) is 20.0. The number of carbonyl (C=O) groups is 3. The second-order valence-electron chi connectivity index (χ2n) is 5.73. The Labute approximate surface area is 136 Å². The van der Waals surface area contributed by atoms with Gasteiger partial charge in [-0.05, 0) is 18.2 Å². The van der Waals surface area contributed by atoms with Crippen LogP contribution in [0.25, 0.3) is 0 Å². The molecule has 2 aliphatic heterocycles. The molecule has 0 unspecified atom stereocenters. The van der Waals surface area contributed by atoms with Gasteiger partial charge in [0.1, 0.15) is 11.9 Å². The summed E-state index contributed by atoms with van der Waals surface area (Å²) in [5.41, 5.74) is 0.584. The molecule has 8 nitrogen and oxygen atoms in total. The summed E-state index contributed by atoms with van der Waals surface area (Å²) in [7, 11) is 0. The summed E-state index contributed by atoms with van der Waals surface area (Å²) in [6.07, 6.45) is -1.47. The summed E-state index contributed by atoms with van der Waals surface area (Å²) in [5, 5.41) is 11.6. The van der Waals surface area contributed by atoms with Gasteiger partial charge in [0, 0.05) is 13.5 Å². The lowest BCUT2D eigenvalue weighted by Gasteiger charge is -2.32. The number of ketones is 1. The van der Waals surface area contributed by atoms with Crippen LogP contribution in [-0.4, -0.2) is 55.1 Å². The van der Waals surface area contributed by atoms with Crippen molar-refractivity contribution in [3.63, 3.8) is 0 Å². The van der Waals surface area contributed by atoms with Crippen molar-refractivity contribution in [1.29, 1.82) is 0 Å². The highest BCUT2D eigenvalue weighted by Gasteiger charge is 2.34. The number of nitrogens with zero attached hydrogens (tertiary/aromatic N) is 3. The molecule has 0 spiro atoms. The van der Waals surface area contributed by atoms with Crippen LogP contribution in [0, 0.1) is 11.0 Å². The Kier molecular flexibility index (Phi) is 4.10. The van der Waals surface area contributed by atoms with Gasteiger partial charge in [-0.25, -0.2) is 9.18 Å². The third kappa shape index (κ3) is 3.02. The molecule has 1 aromatic carbocycles. The van der Waals surface area contributed by atoms with E-state index in [0.29, 0.717) is 5.69 Å². The zero-order chi connectivity index (χ0) is 17.4. The minimum Gasteiger partial charge on any atom is -0.756 e. The largest absolute Gasteiger partial charge is 0.756 e. The van der Waals surface area contributed by atoms with Crippen molar-refractivity contribution < 1.29 is 23.5 Å². The summed E-state index contributed by atoms with van der Waals surface area (Å²) in [6.45, 7) is 1.25. The summed E-state index contributed by atoms with van der Waals surface area (Å²) in [6, 6.07) is 4.22. The molecule has 0 aromatic heterocycles. The predicted octanol–water partition coefficient (Wildman–Crippen LogP) is 0.886. The van der Waals surface area contributed by atoms with E-state index in [4.69, 9.17) is 4.74 Å². The number of hydrogen-bond donors (Lipinski definition) is 0. The zero-order valence-electron chi connectivity index (χ0n) is 12.9. The average molecular weight is 336 g/mol. The fraction of sp³-hybridized carbons (Fsp3) is 0.400. The molecule has 2 saturated heterocycles. The Bertz CT molecular complexity index is 702. The minimum atomic E-state index is -0.769. The number of hydroxylamine groups is 2. The van der Waals surface area contributed by atoms with Crippen molar-refractivity contribution >= 4 is 29.2 Å². The number of hydrogen-bond acceptors (Lipinski definition) is 6. The smallest absolute Gasteiger partial charge is 0.414 e. The van der Waals surface area contributed by atoms with Gasteiger partial charge in [-0.1, -0.05) is 0 Å². The number of cyclic esters (lactones) is 1. The summed E-state index contributed by atoms with van der Waals surface area (Å²) >= 11 is 0. The molecule has 9 heteroatoms. The summed E-state index contributed by atoms with van der Waals surface area (Å²) in [4.78, 5) is 36.6. The molecule has 3 rings (SSSR count). The molecule has 0 saturated carbocycles. The molecular formula is C15H15FN3O5-. The topological polar surface area (TPSA) is 93.2 Å². The van der Waals surface area contributed by atoms with Crippen molar-refractivity contribution in [1.82, 2.24) is 5.06 Å². The molecule has 0 aliphatic carbocycles. The minimum absolute atomic E-state index is 0.0390. The van der Waals surface area contributed by atoms with Gasteiger partial charge >= 0.3 is 6.09 Å². The number of amides is 2. The van der Waals surface area contributed by atoms with Gasteiger partial charge in [0.05, 0.1) is 31.0 Å². The van der Waals surface area contributed by atoms with Gasteiger partial charge < -0.3 is 19.9 Å². The summed E-state index contributed by atoms with van der Waals surface area (Å²) in [5.74, 6) is -1.19. The van der Waals surface area contributed by atoms with Gasteiger partial charge in [0.15, 0.2) is 5.78 Å². The van der Waals surface area contributed by atoms with Crippen LogP contribution in [0.1, 0.15) is 6.92 Å². The number of anilines is 2. The van der Waals surface area contributed by atoms with Gasteiger partial charge in [-0.3, -0.25) is 14.5 Å². The van der Waals surface area contributed by atoms with Gasteiger partial charge in [0.2, 0.25) is 5.91 Å². The molecule has 2 aliphatic rings. The van der Waals surface area contributed by atoms with Crippen molar-refractivity contribution in [2.75, 3.05) is 36.0 Å². The van der Waals surface area contributed by atoms with Crippen molar-refractivity contribution in [3.05, 3.63) is 29.2 Å². The lowest BCUT2D eigenvalue weighted by Crippen LogP contribution is -2.47. The molecule has 2 amide bonds. The van der Waals surface area contributed by atoms with Gasteiger partial charge in [0.25, 0.3) is 0 Å². The van der Waals surface area contributed by atoms with Crippen molar-refractivity contribution in [2.24, 2.45) is 0 Å². The van der Waals surface area contributed by atoms with Gasteiger partial charge in [-0.2, -0.15) is 0 Å². The molecule has 1 atom stereocenters. The highest BCUT2D eigenvalue weighted by molar-refractivity contribution is 5.96. The van der Waals surface area contributed by atoms with Crippen LogP contribution in [0.2, 0.25) is 0 Å². The van der Waals surface area contributed by atoms with Crippen LogP contribution < -0.4 is 9.80 Å². The molecule has 1 aromatic rings. The maximum absolute atomic E-state index is 14.2. The highest BCUT2D eigenvalue weighted by Crippen LogP contribution is 2.29. The van der Waals surface area contributed by atoms with E-state index < -0.39 is 23.9 Å². The first-order valence-electron chi connectivity index (χ1n) is 7.34. The zero-order valence-corrected chi connectivity index (χ0v) is 12.9. The Hall–Kier alpha value is -2.68. The number of Topliss-reactive ketones (excluding diaryl/α,β-unsaturated/α-hetero) is 1. The number of rotatable bonds is 4. The molecule has 2 fully saturated rings. The molecule has 0 N–H and O–H groups in total. The van der Waals surface area contributed by atoms with Crippen molar-refractivity contribution in [2.45, 2.75) is 13.0 Å². The predicted molar refractivity (Wildman–Crippen MR) is 82.0 cm³/mol. The van der Waals surface area contributed by atoms with E-state index in [1.165, 1.54) is 17.0 Å². The monoisotopic (exact) mass is 336 g/mol. The standard InChI is InChI=1S/C15H15FN3O5/c1-9(20)19(23)8-12-7-18(15(22)24-12)10-2-3-14(13(16)4-10)17-5-11(21)6-17/h2-4,12H,5-8H2,1H3/q-1/t12-/m0/s1. The van der Waals surface area contributed by atoms with E-state index in [1.807, 2.05) is 0 Å². The Morgan fingerprint density at radius 1 is 1.42 bits per heavy atom. The highest BCUT2D eigenvalue weighted by atomic mass is 19.1. The molecule has 2 heterocycles. The first kappa shape index (κ1) is 16.2. The number of carbonyl (C=O) groups excluding carboxylic acids is 3. The van der Waals surface area contributed by atoms with E-state index in [-0.39, 0.29) is 42.7 Å². The van der Waals surface area contributed by atoms with E-state index >= 15 is 0 Å². The third-order valence-electron chi connectivity index (χ3n) is 3.91. The quantitative estimate of drug-likeness (QED) is 0.758. The van der Waals surface area contributed by atoms with Crippen LogP contribution >= 0.6 is 0 Å². The molecule has 128 valence electrons. The fourth-order valence-corrected chi connectivity index (χ4v) is 2.61. The van der Waals surface area contributed by atoms with E-state index in [9.17, 15) is 24.0 Å². The summed E-state index contributed by atoms with van der Waals surface area (Å²) < 4.78 is 19.2. The molecule has 0 bridgehead atoms. The van der Waals surface area contributed by atoms with E-state index in [2.05, 4.69) is 0 Å². The van der Waals surface area contributed by atoms with Crippen molar-refractivity contribution in [3.8, 4) is 0 Å². The molecular weight excluding hydrogens is 321 g/mol. The lowest BCUT2D eigenvalue weighted by atomic mass is 10.1. The van der Waals surface area contributed by atoms with Gasteiger partial charge in [-0.15, -0.1) is 0 Å². The first-order valence-corrected chi connectivity index (χ1v) is 7.34. The van der Waals surface area contributed by atoms with E-state index in [1.54, 1.807) is 11.0 Å². The Morgan fingerprint density at radius 2 is 2.12 bits per heavy atom. The maximum atomic E-state index is 14.2. The second kappa shape index (κ2) is 6.08. The fourth-order valence-electron chi connectivity index (χ4n) is 2.61. The van der Waals surface area contributed by atoms with Crippen LogP contribution in [-0.2, 0) is 14.3 Å². The average Bonchev–Trinajstić information content (AvgIpc) is 2.84. The number of halogens is 1.